The van der Waals surface area contributed by atoms with Crippen molar-refractivity contribution in [3.8, 4) is 0 Å². The minimum Gasteiger partial charge on any atom is -0.480 e. The molecular formula is C20H24N2O5S2. The summed E-state index contributed by atoms with van der Waals surface area (Å²) in [5.74, 6) is -1.33. The summed E-state index contributed by atoms with van der Waals surface area (Å²) in [5.41, 5.74) is 0.924. The van der Waals surface area contributed by atoms with Crippen molar-refractivity contribution in [2.75, 3.05) is 5.75 Å². The molecule has 2 aliphatic rings. The predicted octanol–water partition coefficient (Wildman–Crippen LogP) is 1.90. The van der Waals surface area contributed by atoms with Crippen LogP contribution in [0.2, 0.25) is 0 Å². The average molecular weight is 437 g/mol. The van der Waals surface area contributed by atoms with Gasteiger partial charge in [-0.3, -0.25) is 14.4 Å². The highest BCUT2D eigenvalue weighted by molar-refractivity contribution is 8.14. The Labute approximate surface area is 178 Å². The van der Waals surface area contributed by atoms with E-state index in [4.69, 9.17) is 0 Å². The fourth-order valence-corrected chi connectivity index (χ4v) is 5.95. The molecule has 9 heteroatoms. The lowest BCUT2D eigenvalue weighted by atomic mass is 10.0. The molecule has 2 N–H and O–H groups in total. The predicted molar refractivity (Wildman–Crippen MR) is 113 cm³/mol. The highest BCUT2D eigenvalue weighted by Gasteiger charge is 2.45. The molecule has 2 aliphatic heterocycles. The van der Waals surface area contributed by atoms with Gasteiger partial charge in [-0.05, 0) is 31.2 Å². The lowest BCUT2D eigenvalue weighted by Gasteiger charge is -2.45. The number of nitrogens with one attached hydrogen (secondary N) is 1. The molecule has 2 heterocycles. The van der Waals surface area contributed by atoms with Crippen LogP contribution in [0.25, 0.3) is 0 Å². The second kappa shape index (κ2) is 9.67. The zero-order valence-electron chi connectivity index (χ0n) is 16.1. The summed E-state index contributed by atoms with van der Waals surface area (Å²) < 4.78 is 0. The van der Waals surface area contributed by atoms with Gasteiger partial charge < -0.3 is 15.3 Å². The first-order valence-corrected chi connectivity index (χ1v) is 11.5. The molecule has 4 atom stereocenters. The van der Waals surface area contributed by atoms with Crippen LogP contribution in [-0.4, -0.2) is 61.4 Å². The van der Waals surface area contributed by atoms with Gasteiger partial charge in [-0.2, -0.15) is 0 Å². The summed E-state index contributed by atoms with van der Waals surface area (Å²) in [5, 5.41) is 11.3. The molecular weight excluding hydrogens is 412 g/mol. The normalized spacial score (nSPS) is 25.1. The molecule has 0 bridgehead atoms. The second-order valence-corrected chi connectivity index (χ2v) is 9.76. The Balaban J connectivity index is 1.71. The molecule has 1 aromatic rings. The standard InChI is InChI=1S/C20H24N2O5S2/c1-12(23)29-16(10-13-6-3-2-4-7-13)18(24)21-14-11-28-17-9-5-8-15(20(26)27)22(17)19(14)25/h2-4,6-7,14-17H,5,8-11H2,1H3,(H,21,24)(H,26,27)/t14-,15-,16?,17-/m0/s1. The summed E-state index contributed by atoms with van der Waals surface area (Å²) >= 11 is 2.45. The highest BCUT2D eigenvalue weighted by atomic mass is 32.2. The maximum atomic E-state index is 13.0. The Hall–Kier alpha value is -2.00. The number of hydrogen-bond donors (Lipinski definition) is 2. The molecule has 156 valence electrons. The minimum atomic E-state index is -1.01. The fraction of sp³-hybridized carbons (Fsp3) is 0.500. The van der Waals surface area contributed by atoms with Crippen molar-refractivity contribution in [1.82, 2.24) is 10.2 Å². The van der Waals surface area contributed by atoms with E-state index in [1.165, 1.54) is 23.6 Å². The van der Waals surface area contributed by atoms with Crippen LogP contribution in [0.15, 0.2) is 30.3 Å². The van der Waals surface area contributed by atoms with Gasteiger partial charge in [-0.1, -0.05) is 42.1 Å². The van der Waals surface area contributed by atoms with Gasteiger partial charge in [-0.25, -0.2) is 4.79 Å². The number of carboxylic acids is 1. The number of rotatable bonds is 6. The van der Waals surface area contributed by atoms with Gasteiger partial charge in [0.05, 0.1) is 10.6 Å². The zero-order valence-corrected chi connectivity index (χ0v) is 17.7. The van der Waals surface area contributed by atoms with Crippen molar-refractivity contribution in [2.45, 2.75) is 55.3 Å². The molecule has 1 unspecified atom stereocenters. The number of fused-ring (bicyclic) bond motifs is 1. The topological polar surface area (TPSA) is 104 Å². The highest BCUT2D eigenvalue weighted by Crippen LogP contribution is 2.35. The molecule has 0 radical (unpaired) electrons. The molecule has 7 nitrogen and oxygen atoms in total. The largest absolute Gasteiger partial charge is 0.480 e. The van der Waals surface area contributed by atoms with Gasteiger partial charge in [-0.15, -0.1) is 11.8 Å². The van der Waals surface area contributed by atoms with Crippen LogP contribution in [0.5, 0.6) is 0 Å². The monoisotopic (exact) mass is 436 g/mol. The van der Waals surface area contributed by atoms with E-state index >= 15 is 0 Å². The Morgan fingerprint density at radius 2 is 2.00 bits per heavy atom. The number of piperidine rings is 1. The smallest absolute Gasteiger partial charge is 0.326 e. The van der Waals surface area contributed by atoms with Crippen LogP contribution in [0.3, 0.4) is 0 Å². The van der Waals surface area contributed by atoms with E-state index in [0.717, 1.165) is 30.2 Å². The lowest BCUT2D eigenvalue weighted by molar-refractivity contribution is -0.154. The van der Waals surface area contributed by atoms with E-state index in [0.29, 0.717) is 18.6 Å². The van der Waals surface area contributed by atoms with Crippen molar-refractivity contribution in [3.05, 3.63) is 35.9 Å². The maximum Gasteiger partial charge on any atom is 0.326 e. The number of thioether (sulfide) groups is 2. The third-order valence-corrected chi connectivity index (χ3v) is 7.42. The van der Waals surface area contributed by atoms with Crippen LogP contribution in [0.4, 0.5) is 0 Å². The van der Waals surface area contributed by atoms with Crippen molar-refractivity contribution in [2.24, 2.45) is 0 Å². The maximum absolute atomic E-state index is 13.0. The van der Waals surface area contributed by atoms with E-state index in [-0.39, 0.29) is 22.3 Å². The third-order valence-electron chi connectivity index (χ3n) is 5.05. The Kier molecular flexibility index (Phi) is 7.23. The third kappa shape index (κ3) is 5.33. The van der Waals surface area contributed by atoms with Crippen LogP contribution in [0.1, 0.15) is 31.7 Å². The Bertz CT molecular complexity index is 788. The number of benzene rings is 1. The molecule has 0 aromatic heterocycles. The Morgan fingerprint density at radius 1 is 1.28 bits per heavy atom. The number of carboxylic acid groups (broad SMARTS) is 1. The van der Waals surface area contributed by atoms with E-state index < -0.39 is 23.3 Å². The van der Waals surface area contributed by atoms with Gasteiger partial charge in [0.15, 0.2) is 5.12 Å². The molecule has 2 saturated heterocycles. The number of carbonyl (C=O) groups is 4. The van der Waals surface area contributed by atoms with Gasteiger partial charge in [0, 0.05) is 12.7 Å². The summed E-state index contributed by atoms with van der Waals surface area (Å²) in [7, 11) is 0. The minimum absolute atomic E-state index is 0.155. The number of hydrogen-bond acceptors (Lipinski definition) is 6. The number of aliphatic carboxylic acids is 1. The van der Waals surface area contributed by atoms with Crippen LogP contribution < -0.4 is 5.32 Å². The number of nitrogens with zero attached hydrogens (tertiary/aromatic N) is 1. The average Bonchev–Trinajstić information content (AvgIpc) is 2.69. The molecule has 3 rings (SSSR count). The summed E-state index contributed by atoms with van der Waals surface area (Å²) in [6.07, 6.45) is 2.33. The van der Waals surface area contributed by atoms with Gasteiger partial charge in [0.1, 0.15) is 12.1 Å². The first kappa shape index (κ1) is 21.7. The molecule has 2 amide bonds. The number of carbonyl (C=O) groups excluding carboxylic acids is 3. The van der Waals surface area contributed by atoms with Crippen molar-refractivity contribution < 1.29 is 24.3 Å². The van der Waals surface area contributed by atoms with Crippen molar-refractivity contribution in [1.29, 1.82) is 0 Å². The van der Waals surface area contributed by atoms with Gasteiger partial charge in [0.2, 0.25) is 11.8 Å². The van der Waals surface area contributed by atoms with Crippen LogP contribution in [-0.2, 0) is 25.6 Å². The molecule has 1 aromatic carbocycles. The molecule has 2 fully saturated rings. The van der Waals surface area contributed by atoms with E-state index in [1.807, 2.05) is 30.3 Å². The summed E-state index contributed by atoms with van der Waals surface area (Å²) in [4.78, 5) is 50.5. The van der Waals surface area contributed by atoms with E-state index in [1.54, 1.807) is 0 Å². The molecule has 29 heavy (non-hydrogen) atoms. The van der Waals surface area contributed by atoms with Crippen molar-refractivity contribution >= 4 is 46.4 Å². The van der Waals surface area contributed by atoms with Crippen molar-refractivity contribution in [3.63, 3.8) is 0 Å². The van der Waals surface area contributed by atoms with Crippen LogP contribution in [0, 0.1) is 0 Å². The number of amides is 2. The second-order valence-electron chi connectivity index (χ2n) is 7.17. The van der Waals surface area contributed by atoms with Gasteiger partial charge in [0.25, 0.3) is 0 Å². The van der Waals surface area contributed by atoms with E-state index in [9.17, 15) is 24.3 Å². The Morgan fingerprint density at radius 3 is 2.66 bits per heavy atom. The molecule has 0 aliphatic carbocycles. The fourth-order valence-electron chi connectivity index (χ4n) is 3.71. The molecule has 0 spiro atoms. The SMILES string of the molecule is CC(=O)SC(Cc1ccccc1)C(=O)N[C@H]1CS[C@H]2CCC[C@@H](C(=O)O)N2C1=O. The quantitative estimate of drug-likeness (QED) is 0.702. The molecule has 0 saturated carbocycles. The zero-order chi connectivity index (χ0) is 21.0. The lowest BCUT2D eigenvalue weighted by Crippen LogP contribution is -2.62. The first-order chi connectivity index (χ1) is 13.9. The van der Waals surface area contributed by atoms with E-state index in [2.05, 4.69) is 5.32 Å². The van der Waals surface area contributed by atoms with Crippen LogP contribution >= 0.6 is 23.5 Å². The summed E-state index contributed by atoms with van der Waals surface area (Å²) in [6, 6.07) is 7.76. The summed E-state index contributed by atoms with van der Waals surface area (Å²) in [6.45, 7) is 1.41. The first-order valence-electron chi connectivity index (χ1n) is 9.55. The van der Waals surface area contributed by atoms with Gasteiger partial charge >= 0.3 is 5.97 Å².